The van der Waals surface area contributed by atoms with Gasteiger partial charge in [-0.1, -0.05) is 0 Å². The van der Waals surface area contributed by atoms with E-state index in [9.17, 15) is 17.6 Å². The van der Waals surface area contributed by atoms with Gasteiger partial charge in [-0.25, -0.2) is 15.2 Å². The molecule has 2 aliphatic rings. The number of benzene rings is 1. The van der Waals surface area contributed by atoms with E-state index in [-0.39, 0.29) is 24.1 Å². The number of nitrogens with zero attached hydrogens (tertiary/aromatic N) is 2. The third kappa shape index (κ3) is 5.03. The van der Waals surface area contributed by atoms with E-state index in [1.165, 1.54) is 11.2 Å². The molecular formula is C22H25F4N5O. The molecule has 172 valence electrons. The molecule has 10 heteroatoms. The summed E-state index contributed by atoms with van der Waals surface area (Å²) in [6.07, 6.45) is -0.506. The van der Waals surface area contributed by atoms with Crippen LogP contribution in [0.15, 0.2) is 47.9 Å². The highest BCUT2D eigenvalue weighted by molar-refractivity contribution is 5.48. The zero-order valence-corrected chi connectivity index (χ0v) is 17.3. The first-order valence-electron chi connectivity index (χ1n) is 10.4. The highest BCUT2D eigenvalue weighted by atomic mass is 19.4. The van der Waals surface area contributed by atoms with Crippen molar-refractivity contribution in [1.29, 1.82) is 0 Å². The van der Waals surface area contributed by atoms with Crippen molar-refractivity contribution in [3.05, 3.63) is 70.4 Å². The van der Waals surface area contributed by atoms with Crippen molar-refractivity contribution in [2.24, 2.45) is 11.6 Å². The van der Waals surface area contributed by atoms with E-state index in [1.807, 2.05) is 0 Å². The number of nitrogens with one attached hydrogen (secondary N) is 1. The minimum Gasteiger partial charge on any atom is -0.399 e. The Bertz CT molecular complexity index is 1010. The number of hydrazine groups is 1. The number of anilines is 1. The van der Waals surface area contributed by atoms with Crippen molar-refractivity contribution in [2.75, 3.05) is 18.2 Å². The SMILES string of the molecule is NC1=C(N(N)c2cc(Cc3cc(F)cc(C(F)(F)F)c3)ccn2)CCCC1NC1COC1. The monoisotopic (exact) mass is 451 g/mol. The van der Waals surface area contributed by atoms with Crippen molar-refractivity contribution < 1.29 is 22.3 Å². The normalized spacial score (nSPS) is 19.7. The van der Waals surface area contributed by atoms with Crippen LogP contribution in [0.4, 0.5) is 23.4 Å². The van der Waals surface area contributed by atoms with Crippen LogP contribution in [-0.4, -0.2) is 30.3 Å². The Kier molecular flexibility index (Phi) is 6.36. The van der Waals surface area contributed by atoms with Gasteiger partial charge in [-0.3, -0.25) is 5.01 Å². The summed E-state index contributed by atoms with van der Waals surface area (Å²) >= 11 is 0. The van der Waals surface area contributed by atoms with Crippen LogP contribution in [0.25, 0.3) is 0 Å². The van der Waals surface area contributed by atoms with Crippen LogP contribution in [-0.2, 0) is 17.3 Å². The quantitative estimate of drug-likeness (QED) is 0.355. The first kappa shape index (κ1) is 22.5. The Hall–Kier alpha value is -2.69. The predicted octanol–water partition coefficient (Wildman–Crippen LogP) is 3.22. The fraction of sp³-hybridized carbons (Fsp3) is 0.409. The average molecular weight is 451 g/mol. The lowest BCUT2D eigenvalue weighted by atomic mass is 9.95. The topological polar surface area (TPSA) is 89.4 Å². The van der Waals surface area contributed by atoms with Crippen LogP contribution in [0.5, 0.6) is 0 Å². The van der Waals surface area contributed by atoms with Gasteiger partial charge in [-0.2, -0.15) is 13.2 Å². The second kappa shape index (κ2) is 9.05. The molecule has 1 aromatic carbocycles. The first-order chi connectivity index (χ1) is 15.2. The van der Waals surface area contributed by atoms with Gasteiger partial charge in [-0.15, -0.1) is 0 Å². The molecule has 1 aromatic heterocycles. The Morgan fingerprint density at radius 3 is 2.62 bits per heavy atom. The van der Waals surface area contributed by atoms with Gasteiger partial charge in [0.1, 0.15) is 11.6 Å². The van der Waals surface area contributed by atoms with E-state index in [4.69, 9.17) is 16.3 Å². The summed E-state index contributed by atoms with van der Waals surface area (Å²) in [6.45, 7) is 1.32. The maximum absolute atomic E-state index is 13.7. The average Bonchev–Trinajstić information content (AvgIpc) is 2.70. The van der Waals surface area contributed by atoms with Crippen LogP contribution in [0, 0.1) is 5.82 Å². The van der Waals surface area contributed by atoms with Gasteiger partial charge in [0, 0.05) is 17.9 Å². The standard InChI is InChI=1S/C22H25F4N5O/c23-16-8-14(7-15(10-16)22(24,25)26)6-13-4-5-29-20(9-13)31(28)19-3-1-2-18(21(19)27)30-17-11-32-12-17/h4-5,7-10,17-18,30H,1-3,6,11-12,27-28H2. The molecule has 0 radical (unpaired) electrons. The van der Waals surface area contributed by atoms with Gasteiger partial charge in [0.15, 0.2) is 0 Å². The second-order valence-electron chi connectivity index (χ2n) is 8.16. The van der Waals surface area contributed by atoms with E-state index in [1.54, 1.807) is 12.1 Å². The molecule has 2 heterocycles. The van der Waals surface area contributed by atoms with Gasteiger partial charge in [0.2, 0.25) is 0 Å². The molecule has 32 heavy (non-hydrogen) atoms. The highest BCUT2D eigenvalue weighted by Crippen LogP contribution is 2.31. The molecule has 1 aliphatic carbocycles. The molecule has 0 amide bonds. The number of halogens is 4. The molecule has 0 saturated carbocycles. The van der Waals surface area contributed by atoms with E-state index >= 15 is 0 Å². The number of allylic oxidation sites excluding steroid dienone is 1. The summed E-state index contributed by atoms with van der Waals surface area (Å²) in [7, 11) is 0. The largest absolute Gasteiger partial charge is 0.416 e. The van der Waals surface area contributed by atoms with Gasteiger partial charge in [0.25, 0.3) is 0 Å². The van der Waals surface area contributed by atoms with Crippen molar-refractivity contribution in [3.8, 4) is 0 Å². The minimum atomic E-state index is -4.62. The third-order valence-corrected chi connectivity index (χ3v) is 5.73. The second-order valence-corrected chi connectivity index (χ2v) is 8.16. The third-order valence-electron chi connectivity index (χ3n) is 5.73. The summed E-state index contributed by atoms with van der Waals surface area (Å²) in [6, 6.07) is 6.14. The maximum Gasteiger partial charge on any atom is 0.416 e. The lowest BCUT2D eigenvalue weighted by Gasteiger charge is -2.36. The van der Waals surface area contributed by atoms with E-state index in [0.717, 1.165) is 30.7 Å². The molecule has 6 nitrogen and oxygen atoms in total. The zero-order chi connectivity index (χ0) is 22.9. The molecule has 0 spiro atoms. The number of pyridine rings is 1. The summed E-state index contributed by atoms with van der Waals surface area (Å²) in [4.78, 5) is 4.29. The molecule has 0 bridgehead atoms. The number of alkyl halides is 3. The fourth-order valence-electron chi connectivity index (χ4n) is 4.02. The molecule has 1 aliphatic heterocycles. The first-order valence-corrected chi connectivity index (χ1v) is 10.4. The Morgan fingerprint density at radius 2 is 1.94 bits per heavy atom. The van der Waals surface area contributed by atoms with Gasteiger partial charge in [0.05, 0.1) is 30.5 Å². The van der Waals surface area contributed by atoms with Crippen LogP contribution >= 0.6 is 0 Å². The summed E-state index contributed by atoms with van der Waals surface area (Å²) in [5, 5.41) is 4.90. The summed E-state index contributed by atoms with van der Waals surface area (Å²) in [5.74, 6) is 5.83. The molecule has 4 rings (SSSR count). The number of hydrogen-bond acceptors (Lipinski definition) is 6. The zero-order valence-electron chi connectivity index (χ0n) is 17.3. The van der Waals surface area contributed by atoms with E-state index < -0.39 is 17.6 Å². The smallest absolute Gasteiger partial charge is 0.399 e. The summed E-state index contributed by atoms with van der Waals surface area (Å²) in [5.41, 5.74) is 7.65. The number of hydrogen-bond donors (Lipinski definition) is 3. The molecule has 5 N–H and O–H groups in total. The van der Waals surface area contributed by atoms with E-state index in [0.29, 0.717) is 42.8 Å². The molecule has 2 aromatic rings. The molecule has 1 saturated heterocycles. The predicted molar refractivity (Wildman–Crippen MR) is 112 cm³/mol. The lowest BCUT2D eigenvalue weighted by Crippen LogP contribution is -2.53. The number of nitrogens with two attached hydrogens (primary N) is 2. The molecule has 1 fully saturated rings. The summed E-state index contributed by atoms with van der Waals surface area (Å²) < 4.78 is 58.0. The number of aromatic nitrogens is 1. The van der Waals surface area contributed by atoms with Crippen molar-refractivity contribution in [1.82, 2.24) is 10.3 Å². The van der Waals surface area contributed by atoms with Gasteiger partial charge in [-0.05, 0) is 67.1 Å². The Morgan fingerprint density at radius 1 is 1.16 bits per heavy atom. The Balaban J connectivity index is 1.54. The maximum atomic E-state index is 13.7. The van der Waals surface area contributed by atoms with Crippen LogP contribution < -0.4 is 21.9 Å². The highest BCUT2D eigenvalue weighted by Gasteiger charge is 2.31. The van der Waals surface area contributed by atoms with Crippen LogP contribution in [0.1, 0.15) is 36.0 Å². The van der Waals surface area contributed by atoms with Crippen molar-refractivity contribution in [2.45, 2.75) is 43.9 Å². The van der Waals surface area contributed by atoms with E-state index in [2.05, 4.69) is 10.3 Å². The van der Waals surface area contributed by atoms with Crippen molar-refractivity contribution in [3.63, 3.8) is 0 Å². The lowest BCUT2D eigenvalue weighted by molar-refractivity contribution is -0.137. The fourth-order valence-corrected chi connectivity index (χ4v) is 4.02. The van der Waals surface area contributed by atoms with Gasteiger partial charge < -0.3 is 15.8 Å². The molecule has 1 atom stereocenters. The van der Waals surface area contributed by atoms with Crippen LogP contribution in [0.2, 0.25) is 0 Å². The minimum absolute atomic E-state index is 0.00466. The molecule has 1 unspecified atom stereocenters. The number of ether oxygens (including phenoxy) is 1. The van der Waals surface area contributed by atoms with Crippen LogP contribution in [0.3, 0.4) is 0 Å². The van der Waals surface area contributed by atoms with Crippen molar-refractivity contribution >= 4 is 5.82 Å². The number of rotatable bonds is 6. The molecular weight excluding hydrogens is 426 g/mol. The van der Waals surface area contributed by atoms with Gasteiger partial charge >= 0.3 is 6.18 Å². The Labute approximate surface area is 183 Å².